The Bertz CT molecular complexity index is 1870. The molecule has 2 heterocycles. The van der Waals surface area contributed by atoms with Gasteiger partial charge in [-0.25, -0.2) is 4.79 Å². The van der Waals surface area contributed by atoms with Gasteiger partial charge in [-0.3, -0.25) is 4.79 Å². The van der Waals surface area contributed by atoms with E-state index in [0.717, 1.165) is 50.9 Å². The molecular formula is C32H24Cl2N2O5. The lowest BCUT2D eigenvalue weighted by Gasteiger charge is -2.07. The highest BCUT2D eigenvalue weighted by Gasteiger charge is 2.14. The lowest BCUT2D eigenvalue weighted by molar-refractivity contribution is 0.0699. The van der Waals surface area contributed by atoms with Crippen molar-refractivity contribution in [2.75, 3.05) is 14.2 Å². The van der Waals surface area contributed by atoms with Crippen LogP contribution < -0.4 is 9.47 Å². The third kappa shape index (κ3) is 5.63. The number of benzene rings is 4. The Morgan fingerprint density at radius 1 is 0.732 bits per heavy atom. The number of carbonyl (C=O) groups excluding carboxylic acids is 1. The molecule has 0 spiro atoms. The molecule has 6 aromatic rings. The van der Waals surface area contributed by atoms with Gasteiger partial charge in [-0.1, -0.05) is 47.5 Å². The first-order chi connectivity index (χ1) is 19.8. The van der Waals surface area contributed by atoms with E-state index in [4.69, 9.17) is 32.7 Å². The smallest absolute Gasteiger partial charge is 0.337 e. The van der Waals surface area contributed by atoms with Gasteiger partial charge in [0.05, 0.1) is 29.8 Å². The largest absolute Gasteiger partial charge is 0.497 e. The third-order valence-corrected chi connectivity index (χ3v) is 7.36. The monoisotopic (exact) mass is 586 g/mol. The van der Waals surface area contributed by atoms with Gasteiger partial charge in [0, 0.05) is 50.9 Å². The second-order valence-corrected chi connectivity index (χ2v) is 9.90. The number of aldehydes is 1. The predicted molar refractivity (Wildman–Crippen MR) is 163 cm³/mol. The number of aromatic amines is 2. The van der Waals surface area contributed by atoms with E-state index in [1.165, 1.54) is 6.20 Å². The molecule has 4 aromatic carbocycles. The van der Waals surface area contributed by atoms with Crippen LogP contribution in [0.5, 0.6) is 11.5 Å². The maximum absolute atomic E-state index is 11.2. The summed E-state index contributed by atoms with van der Waals surface area (Å²) in [5.41, 5.74) is 5.99. The molecule has 0 bridgehead atoms. The maximum Gasteiger partial charge on any atom is 0.337 e. The average Bonchev–Trinajstić information content (AvgIpc) is 3.60. The maximum atomic E-state index is 11.2. The quantitative estimate of drug-likeness (QED) is 0.170. The Morgan fingerprint density at radius 2 is 1.20 bits per heavy atom. The average molecular weight is 587 g/mol. The zero-order chi connectivity index (χ0) is 29.1. The van der Waals surface area contributed by atoms with Gasteiger partial charge in [0.1, 0.15) is 11.5 Å². The molecular weight excluding hydrogens is 563 g/mol. The Hall–Kier alpha value is -4.72. The van der Waals surface area contributed by atoms with E-state index in [1.54, 1.807) is 32.5 Å². The molecule has 0 aliphatic rings. The summed E-state index contributed by atoms with van der Waals surface area (Å²) in [6.45, 7) is 0. The molecule has 0 fully saturated rings. The van der Waals surface area contributed by atoms with E-state index in [1.807, 2.05) is 60.7 Å². The van der Waals surface area contributed by atoms with Gasteiger partial charge in [0.25, 0.3) is 0 Å². The van der Waals surface area contributed by atoms with Crippen LogP contribution in [-0.2, 0) is 0 Å². The molecule has 0 saturated carbocycles. The van der Waals surface area contributed by atoms with E-state index in [2.05, 4.69) is 9.97 Å². The molecule has 0 saturated heterocycles. The van der Waals surface area contributed by atoms with Crippen LogP contribution in [-0.4, -0.2) is 41.5 Å². The molecule has 0 atom stereocenters. The van der Waals surface area contributed by atoms with Gasteiger partial charge >= 0.3 is 5.97 Å². The summed E-state index contributed by atoms with van der Waals surface area (Å²) < 4.78 is 10.3. The first-order valence-corrected chi connectivity index (χ1v) is 13.2. The van der Waals surface area contributed by atoms with Crippen molar-refractivity contribution in [2.45, 2.75) is 0 Å². The second-order valence-electron chi connectivity index (χ2n) is 9.08. The zero-order valence-corrected chi connectivity index (χ0v) is 23.5. The van der Waals surface area contributed by atoms with Crippen molar-refractivity contribution in [2.24, 2.45) is 0 Å². The first-order valence-electron chi connectivity index (χ1n) is 12.4. The van der Waals surface area contributed by atoms with Gasteiger partial charge in [-0.2, -0.15) is 0 Å². The number of aromatic carboxylic acids is 1. The lowest BCUT2D eigenvalue weighted by atomic mass is 10.0. The highest BCUT2D eigenvalue weighted by atomic mass is 35.5. The molecule has 9 heteroatoms. The molecule has 0 unspecified atom stereocenters. The van der Waals surface area contributed by atoms with Crippen LogP contribution >= 0.6 is 23.2 Å². The van der Waals surface area contributed by atoms with Crippen LogP contribution in [0.4, 0.5) is 0 Å². The van der Waals surface area contributed by atoms with Crippen LogP contribution in [0.3, 0.4) is 0 Å². The molecule has 6 rings (SSSR count). The third-order valence-electron chi connectivity index (χ3n) is 6.73. The molecule has 3 N–H and O–H groups in total. The highest BCUT2D eigenvalue weighted by Crippen LogP contribution is 2.35. The highest BCUT2D eigenvalue weighted by molar-refractivity contribution is 6.34. The number of carboxylic acid groups (broad SMARTS) is 1. The van der Waals surface area contributed by atoms with E-state index in [9.17, 15) is 14.7 Å². The fourth-order valence-corrected chi connectivity index (χ4v) is 5.11. The van der Waals surface area contributed by atoms with Crippen molar-refractivity contribution in [3.63, 3.8) is 0 Å². The lowest BCUT2D eigenvalue weighted by Crippen LogP contribution is -1.93. The summed E-state index contributed by atoms with van der Waals surface area (Å²) in [6.07, 6.45) is 4.00. The number of rotatable bonds is 6. The van der Waals surface area contributed by atoms with Crippen molar-refractivity contribution in [3.8, 4) is 33.8 Å². The minimum Gasteiger partial charge on any atom is -0.497 e. The number of aromatic nitrogens is 2. The van der Waals surface area contributed by atoms with Gasteiger partial charge < -0.3 is 24.5 Å². The van der Waals surface area contributed by atoms with Gasteiger partial charge in [-0.15, -0.1) is 0 Å². The second kappa shape index (κ2) is 11.8. The number of carboxylic acids is 1. The fourth-order valence-electron chi connectivity index (χ4n) is 4.57. The normalized spacial score (nSPS) is 10.7. The van der Waals surface area contributed by atoms with E-state index >= 15 is 0 Å². The number of halogens is 2. The van der Waals surface area contributed by atoms with Crippen molar-refractivity contribution in [1.82, 2.24) is 9.97 Å². The number of methoxy groups -OCH3 is 2. The number of carbonyl (C=O) groups is 2. The first kappa shape index (κ1) is 27.8. The predicted octanol–water partition coefficient (Wildman–Crippen LogP) is 8.50. The molecule has 206 valence electrons. The molecule has 0 radical (unpaired) electrons. The van der Waals surface area contributed by atoms with Crippen LogP contribution in [0.1, 0.15) is 20.7 Å². The zero-order valence-electron chi connectivity index (χ0n) is 22.0. The summed E-state index contributed by atoms with van der Waals surface area (Å²) in [5, 5.41) is 11.9. The summed E-state index contributed by atoms with van der Waals surface area (Å²) in [7, 11) is 3.23. The van der Waals surface area contributed by atoms with Crippen LogP contribution in [0.25, 0.3) is 44.1 Å². The van der Waals surface area contributed by atoms with Crippen molar-refractivity contribution >= 4 is 57.3 Å². The minimum absolute atomic E-state index is 0.233. The Morgan fingerprint density at radius 3 is 1.66 bits per heavy atom. The molecule has 7 nitrogen and oxygen atoms in total. The summed E-state index contributed by atoms with van der Waals surface area (Å²) in [5.74, 6) is 0.578. The van der Waals surface area contributed by atoms with Crippen LogP contribution in [0, 0.1) is 0 Å². The van der Waals surface area contributed by atoms with Crippen LogP contribution in [0.2, 0.25) is 10.0 Å². The molecule has 0 amide bonds. The number of fused-ring (bicyclic) bond motifs is 2. The number of nitrogens with one attached hydrogen (secondary N) is 2. The number of hydrogen-bond donors (Lipinski definition) is 3. The van der Waals surface area contributed by atoms with Crippen LogP contribution in [0.15, 0.2) is 85.2 Å². The topological polar surface area (TPSA) is 104 Å². The summed E-state index contributed by atoms with van der Waals surface area (Å²) >= 11 is 12.6. The number of ether oxygens (including phenoxy) is 2. The number of H-pyrrole nitrogens is 2. The van der Waals surface area contributed by atoms with E-state index in [0.29, 0.717) is 26.5 Å². The molecule has 41 heavy (non-hydrogen) atoms. The Labute approximate surface area is 245 Å². The number of hydrogen-bond acceptors (Lipinski definition) is 4. The van der Waals surface area contributed by atoms with E-state index in [-0.39, 0.29) is 5.56 Å². The molecule has 0 aliphatic carbocycles. The molecule has 0 aliphatic heterocycles. The Kier molecular flexibility index (Phi) is 8.01. The minimum atomic E-state index is -0.968. The fraction of sp³-hybridized carbons (Fsp3) is 0.0625. The van der Waals surface area contributed by atoms with Gasteiger partial charge in [0.2, 0.25) is 0 Å². The van der Waals surface area contributed by atoms with E-state index < -0.39 is 5.97 Å². The van der Waals surface area contributed by atoms with Crippen molar-refractivity contribution in [1.29, 1.82) is 0 Å². The summed E-state index contributed by atoms with van der Waals surface area (Å²) in [6, 6.07) is 22.4. The molecule has 2 aromatic heterocycles. The Balaban J connectivity index is 0.000000165. The van der Waals surface area contributed by atoms with Gasteiger partial charge in [0.15, 0.2) is 6.29 Å². The van der Waals surface area contributed by atoms with Crippen molar-refractivity contribution in [3.05, 3.63) is 106 Å². The van der Waals surface area contributed by atoms with Crippen molar-refractivity contribution < 1.29 is 24.2 Å². The summed E-state index contributed by atoms with van der Waals surface area (Å²) in [4.78, 5) is 28.2. The SMILES string of the molecule is COc1ccc(-c2cc3c(C(=O)O)c[nH]c3cc2Cl)cc1.COc1ccc(-c2cc3c(C=O)c[nH]c3cc2Cl)cc1. The van der Waals surface area contributed by atoms with Gasteiger partial charge in [-0.05, 0) is 59.7 Å². The standard InChI is InChI=1S/C16H12ClNO3.C16H12ClNO2/c1-21-10-4-2-9(3-5-10)11-6-12-13(16(19)20)8-18-15(12)7-14(11)17;1-20-12-4-2-10(3-5-12)13-6-14-11(9-19)8-18-16(14)7-15(13)17/h2-8,18H,1H3,(H,19,20);2-9,18H,1H3.